The molecule has 0 saturated heterocycles. The molecule has 1 aromatic rings. The maximum Gasteiger partial charge on any atom is 0.197 e. The van der Waals surface area contributed by atoms with Gasteiger partial charge in [0, 0.05) is 36.8 Å². The monoisotopic (exact) mass is 244 g/mol. The van der Waals surface area contributed by atoms with Gasteiger partial charge >= 0.3 is 0 Å². The predicted molar refractivity (Wildman–Crippen MR) is 67.2 cm³/mol. The Morgan fingerprint density at radius 2 is 2.38 bits per heavy atom. The number of anilines is 1. The molecule has 0 aliphatic rings. The van der Waals surface area contributed by atoms with Gasteiger partial charge in [0.05, 0.1) is 0 Å². The summed E-state index contributed by atoms with van der Waals surface area (Å²) in [7, 11) is 0. The molecule has 0 radical (unpaired) electrons. The van der Waals surface area contributed by atoms with E-state index in [4.69, 9.17) is 10.9 Å². The van der Waals surface area contributed by atoms with Gasteiger partial charge in [-0.25, -0.2) is 10.8 Å². The van der Waals surface area contributed by atoms with Crippen LogP contribution in [0.2, 0.25) is 0 Å². The van der Waals surface area contributed by atoms with Crippen LogP contribution >= 0.6 is 11.3 Å². The molecule has 1 aromatic heterocycles. The number of nitrogen functional groups attached to an aromatic ring is 1. The quantitative estimate of drug-likeness (QED) is 0.493. The first-order chi connectivity index (χ1) is 7.67. The fraction of sp³-hybridized carbons (Fsp3) is 0.700. The Hall–Kier alpha value is -0.690. The summed E-state index contributed by atoms with van der Waals surface area (Å²) in [6.45, 7) is 6.30. The summed E-state index contributed by atoms with van der Waals surface area (Å²) >= 11 is 1.56. The number of hydrogen-bond donors (Lipinski definition) is 3. The van der Waals surface area contributed by atoms with Gasteiger partial charge < -0.3 is 5.11 Å². The van der Waals surface area contributed by atoms with Gasteiger partial charge in [0.2, 0.25) is 0 Å². The molecule has 0 unspecified atom stereocenters. The lowest BCUT2D eigenvalue weighted by Gasteiger charge is -2.25. The van der Waals surface area contributed by atoms with Crippen LogP contribution in [0.1, 0.15) is 25.1 Å². The first-order valence-corrected chi connectivity index (χ1v) is 6.25. The van der Waals surface area contributed by atoms with Gasteiger partial charge in [0.1, 0.15) is 0 Å². The summed E-state index contributed by atoms with van der Waals surface area (Å²) in [6.07, 6.45) is 2.65. The molecule has 0 aliphatic carbocycles. The van der Waals surface area contributed by atoms with Crippen LogP contribution in [0, 0.1) is 0 Å². The number of nitrogens with zero attached hydrogens (tertiary/aromatic N) is 2. The zero-order valence-corrected chi connectivity index (χ0v) is 10.6. The van der Waals surface area contributed by atoms with Gasteiger partial charge in [-0.05, 0) is 20.3 Å². The fourth-order valence-electron chi connectivity index (χ4n) is 1.44. The van der Waals surface area contributed by atoms with Gasteiger partial charge in [-0.2, -0.15) is 0 Å². The molecular formula is C10H20N4OS. The molecule has 0 aromatic carbocycles. The molecule has 0 aliphatic heterocycles. The number of aliphatic hydroxyl groups is 1. The summed E-state index contributed by atoms with van der Waals surface area (Å²) in [5.74, 6) is 5.29. The SMILES string of the molecule is CC(C)N(CCCO)Cc1cnc(NN)s1. The highest BCUT2D eigenvalue weighted by atomic mass is 32.1. The van der Waals surface area contributed by atoms with Crippen molar-refractivity contribution in [3.63, 3.8) is 0 Å². The lowest BCUT2D eigenvalue weighted by atomic mass is 10.3. The number of hydrazine groups is 1. The fourth-order valence-corrected chi connectivity index (χ4v) is 2.19. The highest BCUT2D eigenvalue weighted by Gasteiger charge is 2.11. The summed E-state index contributed by atoms with van der Waals surface area (Å²) < 4.78 is 0. The molecule has 0 saturated carbocycles. The molecule has 0 spiro atoms. The number of aliphatic hydroxyl groups excluding tert-OH is 1. The highest BCUT2D eigenvalue weighted by Crippen LogP contribution is 2.19. The molecule has 1 heterocycles. The topological polar surface area (TPSA) is 74.4 Å². The molecule has 4 N–H and O–H groups in total. The molecule has 5 nitrogen and oxygen atoms in total. The molecule has 92 valence electrons. The van der Waals surface area contributed by atoms with Gasteiger partial charge in [-0.3, -0.25) is 10.3 Å². The number of hydrogen-bond acceptors (Lipinski definition) is 6. The normalized spacial score (nSPS) is 11.4. The maximum absolute atomic E-state index is 8.84. The van der Waals surface area contributed by atoms with Crippen LogP contribution in [0.25, 0.3) is 0 Å². The Morgan fingerprint density at radius 3 is 2.88 bits per heavy atom. The molecule has 0 bridgehead atoms. The Morgan fingerprint density at radius 1 is 1.62 bits per heavy atom. The van der Waals surface area contributed by atoms with Crippen molar-refractivity contribution in [3.05, 3.63) is 11.1 Å². The minimum atomic E-state index is 0.238. The van der Waals surface area contributed by atoms with E-state index >= 15 is 0 Å². The molecule has 1 rings (SSSR count). The number of rotatable bonds is 7. The third-order valence-electron chi connectivity index (χ3n) is 2.37. The third-order valence-corrected chi connectivity index (χ3v) is 3.28. The van der Waals surface area contributed by atoms with Crippen LogP contribution in [0.4, 0.5) is 5.13 Å². The lowest BCUT2D eigenvalue weighted by molar-refractivity contribution is 0.186. The molecular weight excluding hydrogens is 224 g/mol. The average Bonchev–Trinajstić information content (AvgIpc) is 2.71. The molecule has 6 heteroatoms. The van der Waals surface area contributed by atoms with E-state index in [9.17, 15) is 0 Å². The number of aromatic nitrogens is 1. The van der Waals surface area contributed by atoms with Gasteiger partial charge in [-0.15, -0.1) is 0 Å². The third kappa shape index (κ3) is 4.05. The lowest BCUT2D eigenvalue weighted by Crippen LogP contribution is -2.31. The Bertz CT molecular complexity index is 303. The van der Waals surface area contributed by atoms with Crippen molar-refractivity contribution in [2.75, 3.05) is 18.6 Å². The first-order valence-electron chi connectivity index (χ1n) is 5.43. The number of nitrogens with one attached hydrogen (secondary N) is 1. The summed E-state index contributed by atoms with van der Waals surface area (Å²) in [5, 5.41) is 9.58. The van der Waals surface area contributed by atoms with Crippen molar-refractivity contribution in [2.24, 2.45) is 5.84 Å². The van der Waals surface area contributed by atoms with Gasteiger partial charge in [0.25, 0.3) is 0 Å². The molecule has 16 heavy (non-hydrogen) atoms. The van der Waals surface area contributed by atoms with Crippen LogP contribution in [0.5, 0.6) is 0 Å². The first kappa shape index (κ1) is 13.4. The number of nitrogens with two attached hydrogens (primary N) is 1. The summed E-state index contributed by atoms with van der Waals surface area (Å²) in [5.41, 5.74) is 2.54. The second kappa shape index (κ2) is 6.80. The minimum Gasteiger partial charge on any atom is -0.396 e. The van der Waals surface area contributed by atoms with E-state index in [2.05, 4.69) is 29.2 Å². The predicted octanol–water partition coefficient (Wildman–Crippen LogP) is 1.02. The zero-order chi connectivity index (χ0) is 12.0. The average molecular weight is 244 g/mol. The van der Waals surface area contributed by atoms with Gasteiger partial charge in [-0.1, -0.05) is 11.3 Å². The van der Waals surface area contributed by atoms with Crippen molar-refractivity contribution < 1.29 is 5.11 Å². The standard InChI is InChI=1S/C10H20N4OS/c1-8(2)14(4-3-5-15)7-9-6-12-10(13-11)16-9/h6,8,15H,3-5,7,11H2,1-2H3,(H,12,13). The van der Waals surface area contributed by atoms with E-state index in [1.807, 2.05) is 6.20 Å². The zero-order valence-electron chi connectivity index (χ0n) is 9.81. The van der Waals surface area contributed by atoms with E-state index < -0.39 is 0 Å². The van der Waals surface area contributed by atoms with Crippen molar-refractivity contribution >= 4 is 16.5 Å². The minimum absolute atomic E-state index is 0.238. The van der Waals surface area contributed by atoms with Crippen molar-refractivity contribution in [1.82, 2.24) is 9.88 Å². The van der Waals surface area contributed by atoms with Gasteiger partial charge in [0.15, 0.2) is 5.13 Å². The van der Waals surface area contributed by atoms with Crippen molar-refractivity contribution in [2.45, 2.75) is 32.9 Å². The van der Waals surface area contributed by atoms with E-state index in [0.29, 0.717) is 6.04 Å². The summed E-state index contributed by atoms with van der Waals surface area (Å²) in [6, 6.07) is 0.461. The van der Waals surface area contributed by atoms with Crippen LogP contribution < -0.4 is 11.3 Å². The maximum atomic E-state index is 8.84. The molecule has 0 atom stereocenters. The van der Waals surface area contributed by atoms with Crippen LogP contribution in [0.15, 0.2) is 6.20 Å². The van der Waals surface area contributed by atoms with E-state index in [1.54, 1.807) is 11.3 Å². The summed E-state index contributed by atoms with van der Waals surface area (Å²) in [4.78, 5) is 7.62. The van der Waals surface area contributed by atoms with E-state index in [-0.39, 0.29) is 6.61 Å². The van der Waals surface area contributed by atoms with Crippen molar-refractivity contribution in [3.8, 4) is 0 Å². The Labute approximate surface area is 100 Å². The van der Waals surface area contributed by atoms with Crippen LogP contribution in [-0.2, 0) is 6.54 Å². The van der Waals surface area contributed by atoms with Crippen molar-refractivity contribution in [1.29, 1.82) is 0 Å². The molecule has 0 fully saturated rings. The smallest absolute Gasteiger partial charge is 0.197 e. The Kier molecular flexibility index (Phi) is 5.68. The highest BCUT2D eigenvalue weighted by molar-refractivity contribution is 7.15. The molecule has 0 amide bonds. The largest absolute Gasteiger partial charge is 0.396 e. The second-order valence-corrected chi connectivity index (χ2v) is 5.03. The van der Waals surface area contributed by atoms with Crippen LogP contribution in [0.3, 0.4) is 0 Å². The second-order valence-electron chi connectivity index (χ2n) is 3.92. The van der Waals surface area contributed by atoms with E-state index in [0.717, 1.165) is 24.6 Å². The Balaban J connectivity index is 2.53. The number of thiazole rings is 1. The van der Waals surface area contributed by atoms with E-state index in [1.165, 1.54) is 4.88 Å². The van der Waals surface area contributed by atoms with Crippen LogP contribution in [-0.4, -0.2) is 34.2 Å².